The molecule has 0 saturated heterocycles. The molecule has 7 nitrogen and oxygen atoms in total. The van der Waals surface area contributed by atoms with E-state index in [0.29, 0.717) is 12.2 Å². The minimum Gasteiger partial charge on any atom is -0.314 e. The Morgan fingerprint density at radius 2 is 1.72 bits per heavy atom. The zero-order valence-electron chi connectivity index (χ0n) is 16.0. The Labute approximate surface area is 167 Å². The summed E-state index contributed by atoms with van der Waals surface area (Å²) in [7, 11) is 1.64. The number of anilines is 2. The summed E-state index contributed by atoms with van der Waals surface area (Å²) in [6.45, 7) is 0.316. The van der Waals surface area contributed by atoms with Crippen LogP contribution < -0.4 is 15.4 Å². The van der Waals surface area contributed by atoms with Gasteiger partial charge in [-0.25, -0.2) is 4.68 Å². The van der Waals surface area contributed by atoms with E-state index < -0.39 is 5.56 Å². The molecule has 1 aromatic heterocycles. The van der Waals surface area contributed by atoms with Crippen LogP contribution in [0.15, 0.2) is 71.5 Å². The summed E-state index contributed by atoms with van der Waals surface area (Å²) in [6, 6.07) is 19.5. The molecule has 7 heteroatoms. The Hall–Kier alpha value is -3.74. The summed E-state index contributed by atoms with van der Waals surface area (Å²) in [4.78, 5) is 40.9. The molecule has 1 aliphatic heterocycles. The van der Waals surface area contributed by atoms with Crippen molar-refractivity contribution in [2.75, 3.05) is 23.4 Å². The second-order valence-electron chi connectivity index (χ2n) is 6.84. The third kappa shape index (κ3) is 3.67. The van der Waals surface area contributed by atoms with Crippen molar-refractivity contribution < 1.29 is 9.59 Å². The van der Waals surface area contributed by atoms with E-state index in [4.69, 9.17) is 0 Å². The standard InChI is InChI=1S/C22H20N4O3/c1-24(17-8-3-2-4-9-17)21(28)15-26-20(27)12-11-18(23-26)22(29)25-14-13-16-7-5-6-10-19(16)25/h2-12H,13-15H2,1H3. The van der Waals surface area contributed by atoms with Gasteiger partial charge in [-0.1, -0.05) is 36.4 Å². The average Bonchev–Trinajstić information content (AvgIpc) is 3.19. The van der Waals surface area contributed by atoms with E-state index in [1.165, 1.54) is 17.0 Å². The van der Waals surface area contributed by atoms with Crippen LogP contribution in [0.1, 0.15) is 16.1 Å². The van der Waals surface area contributed by atoms with E-state index >= 15 is 0 Å². The van der Waals surface area contributed by atoms with Crippen molar-refractivity contribution in [1.82, 2.24) is 9.78 Å². The smallest absolute Gasteiger partial charge is 0.278 e. The van der Waals surface area contributed by atoms with Gasteiger partial charge in [-0.15, -0.1) is 0 Å². The molecule has 0 N–H and O–H groups in total. The molecule has 3 aromatic rings. The molecule has 2 amide bonds. The van der Waals surface area contributed by atoms with Crippen molar-refractivity contribution >= 4 is 23.2 Å². The molecule has 2 heterocycles. The van der Waals surface area contributed by atoms with Crippen LogP contribution in [-0.2, 0) is 17.8 Å². The first-order valence-corrected chi connectivity index (χ1v) is 9.34. The van der Waals surface area contributed by atoms with Gasteiger partial charge in [-0.05, 0) is 36.2 Å². The molecule has 0 unspecified atom stereocenters. The first-order valence-electron chi connectivity index (χ1n) is 9.34. The average molecular weight is 388 g/mol. The van der Waals surface area contributed by atoms with Crippen LogP contribution >= 0.6 is 0 Å². The van der Waals surface area contributed by atoms with E-state index in [1.54, 1.807) is 24.1 Å². The van der Waals surface area contributed by atoms with Crippen LogP contribution in [0.25, 0.3) is 0 Å². The Morgan fingerprint density at radius 1 is 1.00 bits per heavy atom. The number of fused-ring (bicyclic) bond motifs is 1. The largest absolute Gasteiger partial charge is 0.314 e. The topological polar surface area (TPSA) is 75.5 Å². The summed E-state index contributed by atoms with van der Waals surface area (Å²) < 4.78 is 1.04. The minimum absolute atomic E-state index is 0.136. The molecule has 146 valence electrons. The van der Waals surface area contributed by atoms with Crippen LogP contribution in [0.2, 0.25) is 0 Å². The van der Waals surface area contributed by atoms with Crippen molar-refractivity contribution in [3.63, 3.8) is 0 Å². The number of amides is 2. The SMILES string of the molecule is CN(C(=O)Cn1nc(C(=O)N2CCc3ccccc32)ccc1=O)c1ccccc1. The highest BCUT2D eigenvalue weighted by Crippen LogP contribution is 2.28. The number of hydrogen-bond acceptors (Lipinski definition) is 4. The van der Waals surface area contributed by atoms with Crippen LogP contribution in [-0.4, -0.2) is 35.2 Å². The number of hydrogen-bond donors (Lipinski definition) is 0. The Balaban J connectivity index is 1.56. The van der Waals surface area contributed by atoms with E-state index in [-0.39, 0.29) is 24.1 Å². The van der Waals surface area contributed by atoms with E-state index in [2.05, 4.69) is 5.10 Å². The minimum atomic E-state index is -0.432. The van der Waals surface area contributed by atoms with Crippen molar-refractivity contribution in [2.24, 2.45) is 0 Å². The number of nitrogens with zero attached hydrogens (tertiary/aromatic N) is 4. The highest BCUT2D eigenvalue weighted by molar-refractivity contribution is 6.06. The molecule has 0 radical (unpaired) electrons. The lowest BCUT2D eigenvalue weighted by Crippen LogP contribution is -2.37. The van der Waals surface area contributed by atoms with Crippen LogP contribution in [0, 0.1) is 0 Å². The zero-order valence-corrected chi connectivity index (χ0v) is 16.0. The number of carbonyl (C=O) groups is 2. The fourth-order valence-corrected chi connectivity index (χ4v) is 3.39. The van der Waals surface area contributed by atoms with Gasteiger partial charge >= 0.3 is 0 Å². The summed E-state index contributed by atoms with van der Waals surface area (Å²) >= 11 is 0. The lowest BCUT2D eigenvalue weighted by Gasteiger charge is -2.19. The third-order valence-corrected chi connectivity index (χ3v) is 5.02. The van der Waals surface area contributed by atoms with Gasteiger partial charge in [0.25, 0.3) is 11.5 Å². The lowest BCUT2D eigenvalue weighted by atomic mass is 10.2. The fourth-order valence-electron chi connectivity index (χ4n) is 3.39. The first kappa shape index (κ1) is 18.6. The summed E-state index contributed by atoms with van der Waals surface area (Å²) in [5.74, 6) is -0.588. The predicted octanol–water partition coefficient (Wildman–Crippen LogP) is 2.11. The van der Waals surface area contributed by atoms with Crippen molar-refractivity contribution in [2.45, 2.75) is 13.0 Å². The molecule has 0 spiro atoms. The van der Waals surface area contributed by atoms with E-state index in [9.17, 15) is 14.4 Å². The van der Waals surface area contributed by atoms with Gasteiger partial charge < -0.3 is 9.80 Å². The number of benzene rings is 2. The van der Waals surface area contributed by atoms with Gasteiger partial charge in [-0.2, -0.15) is 5.10 Å². The van der Waals surface area contributed by atoms with Gasteiger partial charge in [0.05, 0.1) is 0 Å². The second kappa shape index (κ2) is 7.71. The number of rotatable bonds is 4. The maximum atomic E-state index is 13.0. The number of para-hydroxylation sites is 2. The van der Waals surface area contributed by atoms with Crippen LogP contribution in [0.4, 0.5) is 11.4 Å². The molecule has 0 aliphatic carbocycles. The maximum Gasteiger partial charge on any atom is 0.278 e. The predicted molar refractivity (Wildman–Crippen MR) is 110 cm³/mol. The number of likely N-dealkylation sites (N-methyl/N-ethyl adjacent to an activating group) is 1. The van der Waals surface area contributed by atoms with Crippen LogP contribution in [0.3, 0.4) is 0 Å². The molecule has 4 rings (SSSR count). The fraction of sp³-hybridized carbons (Fsp3) is 0.182. The highest BCUT2D eigenvalue weighted by atomic mass is 16.2. The third-order valence-electron chi connectivity index (χ3n) is 5.02. The highest BCUT2D eigenvalue weighted by Gasteiger charge is 2.26. The first-order chi connectivity index (χ1) is 14.0. The summed E-state index contributed by atoms with van der Waals surface area (Å²) in [5.41, 5.74) is 2.38. The van der Waals surface area contributed by atoms with E-state index in [1.807, 2.05) is 42.5 Å². The molecule has 0 fully saturated rings. The lowest BCUT2D eigenvalue weighted by molar-refractivity contribution is -0.119. The van der Waals surface area contributed by atoms with Crippen molar-refractivity contribution in [1.29, 1.82) is 0 Å². The molecule has 0 saturated carbocycles. The van der Waals surface area contributed by atoms with Crippen molar-refractivity contribution in [3.05, 3.63) is 88.3 Å². The molecule has 1 aliphatic rings. The Morgan fingerprint density at radius 3 is 2.52 bits per heavy atom. The zero-order chi connectivity index (χ0) is 20.4. The molecule has 29 heavy (non-hydrogen) atoms. The summed E-state index contributed by atoms with van der Waals surface area (Å²) in [5, 5.41) is 4.17. The Bertz CT molecular complexity index is 1120. The van der Waals surface area contributed by atoms with Gasteiger partial charge in [-0.3, -0.25) is 14.4 Å². The number of carbonyl (C=O) groups excluding carboxylic acids is 2. The van der Waals surface area contributed by atoms with E-state index in [0.717, 1.165) is 22.4 Å². The quantitative estimate of drug-likeness (QED) is 0.686. The van der Waals surface area contributed by atoms with Gasteiger partial charge in [0.1, 0.15) is 12.2 Å². The normalized spacial score (nSPS) is 12.5. The molecule has 0 bridgehead atoms. The van der Waals surface area contributed by atoms with Crippen LogP contribution in [0.5, 0.6) is 0 Å². The molecule has 2 aromatic carbocycles. The van der Waals surface area contributed by atoms with Gasteiger partial charge in [0, 0.05) is 31.0 Å². The second-order valence-corrected chi connectivity index (χ2v) is 6.84. The Kier molecular flexibility index (Phi) is 4.95. The van der Waals surface area contributed by atoms with Gasteiger partial charge in [0.2, 0.25) is 5.91 Å². The molecule has 0 atom stereocenters. The summed E-state index contributed by atoms with van der Waals surface area (Å²) in [6.07, 6.45) is 0.780. The molecular weight excluding hydrogens is 368 g/mol. The monoisotopic (exact) mass is 388 g/mol. The van der Waals surface area contributed by atoms with Gasteiger partial charge in [0.15, 0.2) is 0 Å². The number of aromatic nitrogens is 2. The molecular formula is C22H20N4O3. The van der Waals surface area contributed by atoms with Crippen molar-refractivity contribution in [3.8, 4) is 0 Å². The maximum absolute atomic E-state index is 13.0.